The monoisotopic (exact) mass is 462 g/mol. The second-order valence-corrected chi connectivity index (χ2v) is 8.95. The fraction of sp³-hybridized carbons (Fsp3) is 0.320. The number of rotatable bonds is 7. The third-order valence-corrected chi connectivity index (χ3v) is 6.25. The number of benzene rings is 2. The van der Waals surface area contributed by atoms with E-state index >= 15 is 0 Å². The zero-order valence-electron chi connectivity index (χ0n) is 18.4. The van der Waals surface area contributed by atoms with Crippen LogP contribution in [0.4, 0.5) is 34.5 Å². The predicted molar refractivity (Wildman–Crippen MR) is 134 cm³/mol. The predicted octanol–water partition coefficient (Wildman–Crippen LogP) is 5.96. The lowest BCUT2D eigenvalue weighted by Crippen LogP contribution is -2.29. The highest BCUT2D eigenvalue weighted by Crippen LogP contribution is 2.33. The lowest BCUT2D eigenvalue weighted by atomic mass is 10.1. The Bertz CT molecular complexity index is 1130. The number of anilines is 6. The van der Waals surface area contributed by atoms with Crippen molar-refractivity contribution in [2.24, 2.45) is 5.92 Å². The standard InChI is InChI=1S/C25H27ClN6O/c26-20-16-27-25(28-18-10-12-19(13-11-18)32-14-4-1-5-15-32)31-23(20)29-21-6-2-3-7-22(21)30-24(33)17-8-9-17/h2-3,6-7,10-13,16-17H,1,4-5,8-9,14-15H2,(H,30,33)(H2,27,28,29,31). The molecule has 170 valence electrons. The Morgan fingerprint density at radius 2 is 1.67 bits per heavy atom. The second-order valence-electron chi connectivity index (χ2n) is 8.54. The first-order valence-electron chi connectivity index (χ1n) is 11.5. The number of aromatic nitrogens is 2. The molecule has 2 heterocycles. The Hall–Kier alpha value is -3.32. The number of hydrogen-bond donors (Lipinski definition) is 3. The number of halogens is 1. The van der Waals surface area contributed by atoms with E-state index in [2.05, 4.69) is 43.0 Å². The molecule has 0 atom stereocenters. The van der Waals surface area contributed by atoms with Crippen molar-refractivity contribution in [3.8, 4) is 0 Å². The summed E-state index contributed by atoms with van der Waals surface area (Å²) in [6.07, 6.45) is 7.29. The molecule has 3 N–H and O–H groups in total. The van der Waals surface area contributed by atoms with Gasteiger partial charge in [0.2, 0.25) is 11.9 Å². The molecule has 8 heteroatoms. The third kappa shape index (κ3) is 5.37. The highest BCUT2D eigenvalue weighted by Gasteiger charge is 2.30. The molecular weight excluding hydrogens is 436 g/mol. The summed E-state index contributed by atoms with van der Waals surface area (Å²) in [7, 11) is 0. The number of para-hydroxylation sites is 2. The first-order chi connectivity index (χ1) is 16.2. The molecule has 2 aliphatic rings. The SMILES string of the molecule is O=C(Nc1ccccc1Nc1nc(Nc2ccc(N3CCCCC3)cc2)ncc1Cl)C1CC1. The van der Waals surface area contributed by atoms with Gasteiger partial charge in [-0.2, -0.15) is 4.98 Å². The van der Waals surface area contributed by atoms with Crippen molar-refractivity contribution in [2.45, 2.75) is 32.1 Å². The molecule has 0 unspecified atom stereocenters. The fourth-order valence-electron chi connectivity index (χ4n) is 3.96. The molecule has 33 heavy (non-hydrogen) atoms. The maximum Gasteiger partial charge on any atom is 0.229 e. The van der Waals surface area contributed by atoms with Gasteiger partial charge in [-0.05, 0) is 68.5 Å². The number of piperidine rings is 1. The first kappa shape index (κ1) is 21.5. The summed E-state index contributed by atoms with van der Waals surface area (Å²) in [6, 6.07) is 15.9. The smallest absolute Gasteiger partial charge is 0.229 e. The van der Waals surface area contributed by atoms with Gasteiger partial charge in [0.05, 0.1) is 17.6 Å². The van der Waals surface area contributed by atoms with Gasteiger partial charge in [0.15, 0.2) is 5.82 Å². The Balaban J connectivity index is 1.29. The molecule has 0 radical (unpaired) electrons. The minimum atomic E-state index is 0.0494. The van der Waals surface area contributed by atoms with Gasteiger partial charge in [-0.15, -0.1) is 0 Å². The minimum Gasteiger partial charge on any atom is -0.372 e. The van der Waals surface area contributed by atoms with E-state index in [4.69, 9.17) is 11.6 Å². The summed E-state index contributed by atoms with van der Waals surface area (Å²) in [5.41, 5.74) is 3.57. The Kier molecular flexibility index (Phi) is 6.30. The van der Waals surface area contributed by atoms with Gasteiger partial charge < -0.3 is 20.9 Å². The quantitative estimate of drug-likeness (QED) is 0.402. The van der Waals surface area contributed by atoms with Gasteiger partial charge >= 0.3 is 0 Å². The number of carbonyl (C=O) groups excluding carboxylic acids is 1. The van der Waals surface area contributed by atoms with Gasteiger partial charge in [0.1, 0.15) is 5.02 Å². The second kappa shape index (κ2) is 9.67. The minimum absolute atomic E-state index is 0.0494. The summed E-state index contributed by atoms with van der Waals surface area (Å²) in [4.78, 5) is 23.5. The molecule has 5 rings (SSSR count). The van der Waals surface area contributed by atoms with Gasteiger partial charge in [-0.1, -0.05) is 23.7 Å². The van der Waals surface area contributed by atoms with E-state index in [-0.39, 0.29) is 11.8 Å². The van der Waals surface area contributed by atoms with Crippen LogP contribution in [0.2, 0.25) is 5.02 Å². The van der Waals surface area contributed by atoms with Crippen molar-refractivity contribution >= 4 is 52.0 Å². The fourth-order valence-corrected chi connectivity index (χ4v) is 4.10. The summed E-state index contributed by atoms with van der Waals surface area (Å²) < 4.78 is 0. The first-order valence-corrected chi connectivity index (χ1v) is 11.8. The molecular formula is C25H27ClN6O. The summed E-state index contributed by atoms with van der Waals surface area (Å²) in [5, 5.41) is 9.87. The maximum absolute atomic E-state index is 12.2. The number of nitrogens with zero attached hydrogens (tertiary/aromatic N) is 3. The van der Waals surface area contributed by atoms with Gasteiger partial charge in [0.25, 0.3) is 0 Å². The van der Waals surface area contributed by atoms with Crippen molar-refractivity contribution in [3.05, 3.63) is 59.8 Å². The van der Waals surface area contributed by atoms with E-state index in [0.29, 0.717) is 22.5 Å². The van der Waals surface area contributed by atoms with Crippen molar-refractivity contribution in [1.82, 2.24) is 9.97 Å². The van der Waals surface area contributed by atoms with Crippen LogP contribution in [0.1, 0.15) is 32.1 Å². The normalized spacial score (nSPS) is 15.7. The lowest BCUT2D eigenvalue weighted by Gasteiger charge is -2.28. The van der Waals surface area contributed by atoms with Crippen molar-refractivity contribution in [3.63, 3.8) is 0 Å². The number of hydrogen-bond acceptors (Lipinski definition) is 6. The number of nitrogens with one attached hydrogen (secondary N) is 3. The molecule has 1 aliphatic heterocycles. The average molecular weight is 463 g/mol. The van der Waals surface area contributed by atoms with Crippen molar-refractivity contribution in [2.75, 3.05) is 33.9 Å². The van der Waals surface area contributed by atoms with Gasteiger partial charge in [-0.3, -0.25) is 4.79 Å². The van der Waals surface area contributed by atoms with Crippen LogP contribution in [0.25, 0.3) is 0 Å². The molecule has 1 aliphatic carbocycles. The molecule has 0 bridgehead atoms. The Morgan fingerprint density at radius 1 is 0.939 bits per heavy atom. The molecule has 1 saturated heterocycles. The van der Waals surface area contributed by atoms with Crippen LogP contribution in [0.3, 0.4) is 0 Å². The Morgan fingerprint density at radius 3 is 2.39 bits per heavy atom. The van der Waals surface area contributed by atoms with Crippen LogP contribution in [-0.2, 0) is 4.79 Å². The topological polar surface area (TPSA) is 82.2 Å². The largest absolute Gasteiger partial charge is 0.372 e. The van der Waals surface area contributed by atoms with Crippen molar-refractivity contribution in [1.29, 1.82) is 0 Å². The van der Waals surface area contributed by atoms with Crippen LogP contribution < -0.4 is 20.9 Å². The van der Waals surface area contributed by atoms with E-state index in [1.165, 1.54) is 24.9 Å². The highest BCUT2D eigenvalue weighted by atomic mass is 35.5. The van der Waals surface area contributed by atoms with Gasteiger partial charge in [0, 0.05) is 30.4 Å². The lowest BCUT2D eigenvalue weighted by molar-refractivity contribution is -0.117. The third-order valence-electron chi connectivity index (χ3n) is 5.97. The van der Waals surface area contributed by atoms with E-state index in [1.54, 1.807) is 6.20 Å². The zero-order valence-corrected chi connectivity index (χ0v) is 19.1. The van der Waals surface area contributed by atoms with Gasteiger partial charge in [-0.25, -0.2) is 4.98 Å². The molecule has 2 fully saturated rings. The van der Waals surface area contributed by atoms with E-state index in [9.17, 15) is 4.79 Å². The van der Waals surface area contributed by atoms with Crippen LogP contribution in [-0.4, -0.2) is 29.0 Å². The molecule has 1 aromatic heterocycles. The molecule has 1 amide bonds. The molecule has 0 spiro atoms. The van der Waals surface area contributed by atoms with Crippen LogP contribution in [0, 0.1) is 5.92 Å². The molecule has 7 nitrogen and oxygen atoms in total. The van der Waals surface area contributed by atoms with Crippen LogP contribution in [0.5, 0.6) is 0 Å². The van der Waals surface area contributed by atoms with E-state index < -0.39 is 0 Å². The average Bonchev–Trinajstić information content (AvgIpc) is 3.69. The number of carbonyl (C=O) groups is 1. The van der Waals surface area contributed by atoms with Crippen molar-refractivity contribution < 1.29 is 4.79 Å². The summed E-state index contributed by atoms with van der Waals surface area (Å²) >= 11 is 6.37. The zero-order chi connectivity index (χ0) is 22.6. The molecule has 2 aromatic carbocycles. The Labute approximate surface area is 198 Å². The maximum atomic E-state index is 12.2. The van der Waals surface area contributed by atoms with E-state index in [1.807, 2.05) is 36.4 Å². The van der Waals surface area contributed by atoms with Crippen LogP contribution in [0.15, 0.2) is 54.7 Å². The van der Waals surface area contributed by atoms with E-state index in [0.717, 1.165) is 37.3 Å². The highest BCUT2D eigenvalue weighted by molar-refractivity contribution is 6.33. The summed E-state index contributed by atoms with van der Waals surface area (Å²) in [6.45, 7) is 2.23. The number of amides is 1. The summed E-state index contributed by atoms with van der Waals surface area (Å²) in [5.74, 6) is 1.07. The molecule has 1 saturated carbocycles. The van der Waals surface area contributed by atoms with Crippen LogP contribution >= 0.6 is 11.6 Å². The molecule has 3 aromatic rings.